The van der Waals surface area contributed by atoms with Gasteiger partial charge in [0.05, 0.1) is 13.7 Å². The van der Waals surface area contributed by atoms with Crippen LogP contribution in [0.3, 0.4) is 0 Å². The van der Waals surface area contributed by atoms with Crippen LogP contribution in [0, 0.1) is 0 Å². The van der Waals surface area contributed by atoms with Crippen molar-refractivity contribution in [2.75, 3.05) is 7.11 Å². The van der Waals surface area contributed by atoms with Crippen molar-refractivity contribution in [3.8, 4) is 5.75 Å². The van der Waals surface area contributed by atoms with Crippen molar-refractivity contribution in [3.05, 3.63) is 42.0 Å². The molecule has 0 aliphatic rings. The Hall–Kier alpha value is -1.88. The van der Waals surface area contributed by atoms with Gasteiger partial charge >= 0.3 is 0 Å². The zero-order valence-corrected chi connectivity index (χ0v) is 10.1. The fourth-order valence-electron chi connectivity index (χ4n) is 1.54. The summed E-state index contributed by atoms with van der Waals surface area (Å²) >= 11 is 0. The Labute approximate surface area is 100 Å². The first-order chi connectivity index (χ1) is 8.29. The maximum absolute atomic E-state index is 5.11. The normalized spacial score (nSPS) is 10.5. The third-order valence-electron chi connectivity index (χ3n) is 2.58. The summed E-state index contributed by atoms with van der Waals surface area (Å²) in [7, 11) is 3.55. The van der Waals surface area contributed by atoms with E-state index in [0.29, 0.717) is 6.54 Å². The molecule has 0 saturated heterocycles. The first kappa shape index (κ1) is 11.6. The largest absolute Gasteiger partial charge is 0.497 e. The second kappa shape index (κ2) is 5.45. The number of nitrogens with zero attached hydrogens (tertiary/aromatic N) is 3. The molecule has 0 aliphatic carbocycles. The van der Waals surface area contributed by atoms with Gasteiger partial charge in [-0.2, -0.15) is 5.10 Å². The second-order valence-corrected chi connectivity index (χ2v) is 3.75. The fraction of sp³-hybridized carbons (Fsp3) is 0.333. The van der Waals surface area contributed by atoms with Crippen molar-refractivity contribution in [3.63, 3.8) is 0 Å². The van der Waals surface area contributed by atoms with E-state index in [1.165, 1.54) is 5.56 Å². The summed E-state index contributed by atoms with van der Waals surface area (Å²) in [5.41, 5.74) is 1.22. The van der Waals surface area contributed by atoms with Crippen LogP contribution < -0.4 is 10.1 Å². The highest BCUT2D eigenvalue weighted by Crippen LogP contribution is 2.10. The third kappa shape index (κ3) is 3.04. The maximum atomic E-state index is 5.11. The molecule has 0 spiro atoms. The van der Waals surface area contributed by atoms with Gasteiger partial charge in [-0.3, -0.25) is 4.68 Å². The van der Waals surface area contributed by atoms with E-state index in [-0.39, 0.29) is 0 Å². The zero-order chi connectivity index (χ0) is 12.1. The van der Waals surface area contributed by atoms with Crippen molar-refractivity contribution in [2.45, 2.75) is 13.1 Å². The number of methoxy groups -OCH3 is 1. The molecule has 0 saturated carbocycles. The van der Waals surface area contributed by atoms with E-state index in [1.54, 1.807) is 18.1 Å². The summed E-state index contributed by atoms with van der Waals surface area (Å²) in [4.78, 5) is 4.14. The number of aryl methyl sites for hydroxylation is 1. The molecule has 0 radical (unpaired) electrons. The van der Waals surface area contributed by atoms with Gasteiger partial charge in [0.15, 0.2) is 0 Å². The second-order valence-electron chi connectivity index (χ2n) is 3.75. The van der Waals surface area contributed by atoms with Crippen LogP contribution in [0.4, 0.5) is 0 Å². The van der Waals surface area contributed by atoms with Gasteiger partial charge in [0.25, 0.3) is 0 Å². The standard InChI is InChI=1S/C12H16N4O/c1-16-12(14-9-15-16)8-13-7-10-3-5-11(17-2)6-4-10/h3-6,9,13H,7-8H2,1-2H3. The summed E-state index contributed by atoms with van der Waals surface area (Å²) in [6.45, 7) is 1.51. The Balaban J connectivity index is 1.83. The number of benzene rings is 1. The first-order valence-electron chi connectivity index (χ1n) is 5.46. The van der Waals surface area contributed by atoms with Crippen LogP contribution in [0.5, 0.6) is 5.75 Å². The number of hydrogen-bond acceptors (Lipinski definition) is 4. The Kier molecular flexibility index (Phi) is 3.72. The quantitative estimate of drug-likeness (QED) is 0.839. The van der Waals surface area contributed by atoms with Gasteiger partial charge in [-0.05, 0) is 17.7 Å². The Bertz CT molecular complexity index is 464. The molecule has 17 heavy (non-hydrogen) atoms. The fourth-order valence-corrected chi connectivity index (χ4v) is 1.54. The van der Waals surface area contributed by atoms with Crippen molar-refractivity contribution >= 4 is 0 Å². The van der Waals surface area contributed by atoms with Gasteiger partial charge in [-0.1, -0.05) is 12.1 Å². The predicted octanol–water partition coefficient (Wildman–Crippen LogP) is 1.11. The minimum Gasteiger partial charge on any atom is -0.497 e. The van der Waals surface area contributed by atoms with E-state index in [9.17, 15) is 0 Å². The maximum Gasteiger partial charge on any atom is 0.140 e. The summed E-state index contributed by atoms with van der Waals surface area (Å²) in [6.07, 6.45) is 1.56. The lowest BCUT2D eigenvalue weighted by Crippen LogP contribution is -2.16. The number of aromatic nitrogens is 3. The van der Waals surface area contributed by atoms with Crippen LogP contribution in [0.1, 0.15) is 11.4 Å². The Morgan fingerprint density at radius 2 is 2.00 bits per heavy atom. The highest BCUT2D eigenvalue weighted by Gasteiger charge is 1.99. The van der Waals surface area contributed by atoms with Gasteiger partial charge in [0.1, 0.15) is 17.9 Å². The van der Waals surface area contributed by atoms with E-state index in [0.717, 1.165) is 18.1 Å². The predicted molar refractivity (Wildman–Crippen MR) is 64.5 cm³/mol. The van der Waals surface area contributed by atoms with Crippen molar-refractivity contribution in [2.24, 2.45) is 7.05 Å². The van der Waals surface area contributed by atoms with Crippen LogP contribution in [0.15, 0.2) is 30.6 Å². The first-order valence-corrected chi connectivity index (χ1v) is 5.46. The average Bonchev–Trinajstić information content (AvgIpc) is 2.76. The van der Waals surface area contributed by atoms with E-state index in [2.05, 4.69) is 15.4 Å². The van der Waals surface area contributed by atoms with Gasteiger partial charge in [0.2, 0.25) is 0 Å². The molecular weight excluding hydrogens is 216 g/mol. The molecule has 90 valence electrons. The van der Waals surface area contributed by atoms with Gasteiger partial charge in [-0.15, -0.1) is 0 Å². The molecule has 0 bridgehead atoms. The number of ether oxygens (including phenoxy) is 1. The SMILES string of the molecule is COc1ccc(CNCc2ncnn2C)cc1. The van der Waals surface area contributed by atoms with Gasteiger partial charge < -0.3 is 10.1 Å². The molecule has 2 rings (SSSR count). The van der Waals surface area contributed by atoms with Crippen molar-refractivity contribution in [1.82, 2.24) is 20.1 Å². The molecule has 2 aromatic rings. The minimum absolute atomic E-state index is 0.711. The molecule has 0 atom stereocenters. The van der Waals surface area contributed by atoms with E-state index in [1.807, 2.05) is 31.3 Å². The lowest BCUT2D eigenvalue weighted by molar-refractivity contribution is 0.414. The molecule has 0 fully saturated rings. The molecular formula is C12H16N4O. The van der Waals surface area contributed by atoms with Crippen LogP contribution in [0.2, 0.25) is 0 Å². The van der Waals surface area contributed by atoms with E-state index in [4.69, 9.17) is 4.74 Å². The number of hydrogen-bond donors (Lipinski definition) is 1. The summed E-state index contributed by atoms with van der Waals surface area (Å²) in [6, 6.07) is 8.00. The number of nitrogens with one attached hydrogen (secondary N) is 1. The van der Waals surface area contributed by atoms with Crippen LogP contribution in [-0.2, 0) is 20.1 Å². The zero-order valence-electron chi connectivity index (χ0n) is 10.1. The molecule has 5 heteroatoms. The Morgan fingerprint density at radius 1 is 1.24 bits per heavy atom. The lowest BCUT2D eigenvalue weighted by Gasteiger charge is -2.05. The van der Waals surface area contributed by atoms with Crippen molar-refractivity contribution in [1.29, 1.82) is 0 Å². The topological polar surface area (TPSA) is 52.0 Å². The lowest BCUT2D eigenvalue weighted by atomic mass is 10.2. The highest BCUT2D eigenvalue weighted by atomic mass is 16.5. The minimum atomic E-state index is 0.711. The average molecular weight is 232 g/mol. The monoisotopic (exact) mass is 232 g/mol. The molecule has 0 amide bonds. The van der Waals surface area contributed by atoms with E-state index >= 15 is 0 Å². The summed E-state index contributed by atoms with van der Waals surface area (Å²) in [5, 5.41) is 7.33. The molecule has 0 unspecified atom stereocenters. The number of rotatable bonds is 5. The highest BCUT2D eigenvalue weighted by molar-refractivity contribution is 5.26. The molecule has 1 heterocycles. The van der Waals surface area contributed by atoms with Crippen LogP contribution in [-0.4, -0.2) is 21.9 Å². The summed E-state index contributed by atoms with van der Waals surface area (Å²) < 4.78 is 6.87. The van der Waals surface area contributed by atoms with Gasteiger partial charge in [-0.25, -0.2) is 4.98 Å². The van der Waals surface area contributed by atoms with E-state index < -0.39 is 0 Å². The smallest absolute Gasteiger partial charge is 0.140 e. The molecule has 1 aromatic heterocycles. The Morgan fingerprint density at radius 3 is 2.59 bits per heavy atom. The van der Waals surface area contributed by atoms with Gasteiger partial charge in [0, 0.05) is 13.6 Å². The van der Waals surface area contributed by atoms with Crippen molar-refractivity contribution < 1.29 is 4.74 Å². The molecule has 1 N–H and O–H groups in total. The summed E-state index contributed by atoms with van der Waals surface area (Å²) in [5.74, 6) is 1.81. The van der Waals surface area contributed by atoms with Crippen LogP contribution >= 0.6 is 0 Å². The third-order valence-corrected chi connectivity index (χ3v) is 2.58. The molecule has 0 aliphatic heterocycles. The molecule has 1 aromatic carbocycles. The molecule has 5 nitrogen and oxygen atoms in total. The van der Waals surface area contributed by atoms with Crippen LogP contribution in [0.25, 0.3) is 0 Å².